The summed E-state index contributed by atoms with van der Waals surface area (Å²) in [6.45, 7) is 1.80. The maximum absolute atomic E-state index is 13.2. The van der Waals surface area contributed by atoms with Gasteiger partial charge in [0.2, 0.25) is 0 Å². The third-order valence-corrected chi connectivity index (χ3v) is 5.61. The normalized spacial score (nSPS) is 17.6. The van der Waals surface area contributed by atoms with E-state index < -0.39 is 23.5 Å². The molecule has 1 fully saturated rings. The first-order valence-electron chi connectivity index (χ1n) is 9.68. The molecule has 0 spiro atoms. The molecule has 1 aromatic heterocycles. The standard InChI is InChI=1S/C24H19ClN2O5/c1-13-3-6-19(28)18(11-13)27-21(14-7-9-26-10-8-14)20(23(30)24(27)31)22(29)16-12-15(32-2)4-5-17(16)25/h3-12,21,28-29H,1-2H3/b22-20+. The Morgan fingerprint density at radius 2 is 1.81 bits per heavy atom. The highest BCUT2D eigenvalue weighted by molar-refractivity contribution is 6.52. The minimum atomic E-state index is -1.01. The van der Waals surface area contributed by atoms with Crippen LogP contribution in [-0.2, 0) is 9.59 Å². The van der Waals surface area contributed by atoms with Crippen molar-refractivity contribution >= 4 is 34.7 Å². The Morgan fingerprint density at radius 1 is 1.09 bits per heavy atom. The molecule has 2 aromatic carbocycles. The molecule has 4 rings (SSSR count). The van der Waals surface area contributed by atoms with Gasteiger partial charge >= 0.3 is 0 Å². The van der Waals surface area contributed by atoms with Gasteiger partial charge in [0.15, 0.2) is 0 Å². The number of phenols is 1. The number of methoxy groups -OCH3 is 1. The molecule has 1 amide bonds. The summed E-state index contributed by atoms with van der Waals surface area (Å²) < 4.78 is 5.21. The summed E-state index contributed by atoms with van der Waals surface area (Å²) in [7, 11) is 1.46. The van der Waals surface area contributed by atoms with Crippen LogP contribution < -0.4 is 9.64 Å². The van der Waals surface area contributed by atoms with Gasteiger partial charge in [0.1, 0.15) is 17.3 Å². The van der Waals surface area contributed by atoms with E-state index in [9.17, 15) is 19.8 Å². The Kier molecular flexibility index (Phi) is 5.59. The summed E-state index contributed by atoms with van der Waals surface area (Å²) in [5, 5.41) is 21.9. The van der Waals surface area contributed by atoms with Gasteiger partial charge < -0.3 is 14.9 Å². The summed E-state index contributed by atoms with van der Waals surface area (Å²) in [6.07, 6.45) is 3.04. The molecule has 0 saturated carbocycles. The number of hydrogen-bond donors (Lipinski definition) is 2. The number of anilines is 1. The number of aliphatic hydroxyl groups is 1. The molecular weight excluding hydrogens is 432 g/mol. The fraction of sp³-hybridized carbons (Fsp3) is 0.125. The minimum Gasteiger partial charge on any atom is -0.507 e. The zero-order valence-electron chi connectivity index (χ0n) is 17.2. The predicted molar refractivity (Wildman–Crippen MR) is 120 cm³/mol. The fourth-order valence-electron chi connectivity index (χ4n) is 3.73. The van der Waals surface area contributed by atoms with Gasteiger partial charge in [-0.1, -0.05) is 17.7 Å². The van der Waals surface area contributed by atoms with Gasteiger partial charge in [0.25, 0.3) is 11.7 Å². The van der Waals surface area contributed by atoms with Crippen molar-refractivity contribution in [2.75, 3.05) is 12.0 Å². The summed E-state index contributed by atoms with van der Waals surface area (Å²) in [5.41, 5.74) is 1.46. The molecule has 1 atom stereocenters. The van der Waals surface area contributed by atoms with E-state index in [-0.39, 0.29) is 27.6 Å². The highest BCUT2D eigenvalue weighted by Gasteiger charge is 2.47. The van der Waals surface area contributed by atoms with Crippen molar-refractivity contribution < 1.29 is 24.5 Å². The first kappa shape index (κ1) is 21.4. The van der Waals surface area contributed by atoms with Crippen molar-refractivity contribution in [3.05, 3.63) is 88.2 Å². The average molecular weight is 451 g/mol. The van der Waals surface area contributed by atoms with Crippen molar-refractivity contribution in [2.24, 2.45) is 0 Å². The topological polar surface area (TPSA) is 100.0 Å². The lowest BCUT2D eigenvalue weighted by Gasteiger charge is -2.26. The second kappa shape index (κ2) is 8.36. The Labute approximate surface area is 189 Å². The lowest BCUT2D eigenvalue weighted by atomic mass is 9.95. The van der Waals surface area contributed by atoms with Crippen LogP contribution in [0, 0.1) is 6.92 Å². The Balaban J connectivity index is 2.00. The van der Waals surface area contributed by atoms with Gasteiger partial charge in [-0.05, 0) is 60.5 Å². The van der Waals surface area contributed by atoms with Crippen LogP contribution in [0.15, 0.2) is 66.5 Å². The van der Waals surface area contributed by atoms with Gasteiger partial charge in [-0.25, -0.2) is 0 Å². The van der Waals surface area contributed by atoms with Crippen LogP contribution in [-0.4, -0.2) is 34.0 Å². The van der Waals surface area contributed by atoms with Crippen molar-refractivity contribution in [3.63, 3.8) is 0 Å². The quantitative estimate of drug-likeness (QED) is 0.347. The van der Waals surface area contributed by atoms with Gasteiger partial charge in [-0.15, -0.1) is 0 Å². The molecule has 0 radical (unpaired) electrons. The number of ketones is 1. The number of pyridine rings is 1. The maximum atomic E-state index is 13.2. The zero-order chi connectivity index (χ0) is 23.0. The number of carbonyl (C=O) groups is 2. The predicted octanol–water partition coefficient (Wildman–Crippen LogP) is 4.38. The molecule has 1 aliphatic heterocycles. The zero-order valence-corrected chi connectivity index (χ0v) is 18.0. The SMILES string of the molecule is COc1ccc(Cl)c(/C(O)=C2\C(=O)C(=O)N(c3cc(C)ccc3O)C2c2ccncc2)c1. The van der Waals surface area contributed by atoms with E-state index in [0.717, 1.165) is 5.56 Å². The van der Waals surface area contributed by atoms with E-state index in [1.807, 2.05) is 0 Å². The third kappa shape index (κ3) is 3.56. The molecule has 3 aromatic rings. The first-order chi connectivity index (χ1) is 15.3. The van der Waals surface area contributed by atoms with Crippen LogP contribution in [0.5, 0.6) is 11.5 Å². The largest absolute Gasteiger partial charge is 0.507 e. The molecule has 2 N–H and O–H groups in total. The summed E-state index contributed by atoms with van der Waals surface area (Å²) in [5.74, 6) is -1.97. The van der Waals surface area contributed by atoms with Crippen LogP contribution in [0.25, 0.3) is 5.76 Å². The number of phenolic OH excluding ortho intramolecular Hbond substituents is 1. The van der Waals surface area contributed by atoms with Crippen molar-refractivity contribution in [1.29, 1.82) is 0 Å². The van der Waals surface area contributed by atoms with Gasteiger partial charge in [-0.2, -0.15) is 0 Å². The number of aromatic hydroxyl groups is 1. The van der Waals surface area contributed by atoms with Crippen LogP contribution in [0.2, 0.25) is 5.02 Å². The number of rotatable bonds is 4. The number of Topliss-reactive ketones (excluding diaryl/α,β-unsaturated/α-hetero) is 1. The molecule has 8 heteroatoms. The number of benzene rings is 2. The number of amides is 1. The second-order valence-corrected chi connectivity index (χ2v) is 7.69. The molecule has 162 valence electrons. The van der Waals surface area contributed by atoms with Crippen molar-refractivity contribution in [2.45, 2.75) is 13.0 Å². The number of hydrogen-bond acceptors (Lipinski definition) is 6. The molecule has 1 aliphatic rings. The molecule has 1 saturated heterocycles. The number of aliphatic hydroxyl groups excluding tert-OH is 1. The highest BCUT2D eigenvalue weighted by atomic mass is 35.5. The van der Waals surface area contributed by atoms with E-state index in [0.29, 0.717) is 11.3 Å². The molecule has 32 heavy (non-hydrogen) atoms. The highest BCUT2D eigenvalue weighted by Crippen LogP contribution is 2.45. The van der Waals surface area contributed by atoms with Crippen LogP contribution in [0.3, 0.4) is 0 Å². The van der Waals surface area contributed by atoms with E-state index in [4.69, 9.17) is 16.3 Å². The van der Waals surface area contributed by atoms with Crippen molar-refractivity contribution in [3.8, 4) is 11.5 Å². The number of nitrogens with zero attached hydrogens (tertiary/aromatic N) is 2. The lowest BCUT2D eigenvalue weighted by molar-refractivity contribution is -0.132. The van der Waals surface area contributed by atoms with E-state index in [1.54, 1.807) is 37.3 Å². The second-order valence-electron chi connectivity index (χ2n) is 7.29. The summed E-state index contributed by atoms with van der Waals surface area (Å²) >= 11 is 6.29. The van der Waals surface area contributed by atoms with Crippen LogP contribution >= 0.6 is 11.6 Å². The first-order valence-corrected chi connectivity index (χ1v) is 10.1. The molecule has 7 nitrogen and oxygen atoms in total. The Bertz CT molecular complexity index is 1260. The van der Waals surface area contributed by atoms with E-state index >= 15 is 0 Å². The molecule has 2 heterocycles. The molecule has 0 bridgehead atoms. The molecule has 1 unspecified atom stereocenters. The van der Waals surface area contributed by atoms with Gasteiger partial charge in [0.05, 0.1) is 29.4 Å². The lowest BCUT2D eigenvalue weighted by Crippen LogP contribution is -2.29. The number of aromatic nitrogens is 1. The molecular formula is C24H19ClN2O5. The van der Waals surface area contributed by atoms with Crippen LogP contribution in [0.1, 0.15) is 22.7 Å². The van der Waals surface area contributed by atoms with Gasteiger partial charge in [-0.3, -0.25) is 19.5 Å². The maximum Gasteiger partial charge on any atom is 0.300 e. The van der Waals surface area contributed by atoms with E-state index in [1.165, 1.54) is 42.6 Å². The number of carbonyl (C=O) groups excluding carboxylic acids is 2. The number of halogens is 1. The number of aryl methyl sites for hydroxylation is 1. The minimum absolute atomic E-state index is 0.150. The van der Waals surface area contributed by atoms with Crippen LogP contribution in [0.4, 0.5) is 5.69 Å². The average Bonchev–Trinajstić information content (AvgIpc) is 3.06. The Morgan fingerprint density at radius 3 is 2.50 bits per heavy atom. The monoisotopic (exact) mass is 450 g/mol. The van der Waals surface area contributed by atoms with Gasteiger partial charge in [0, 0.05) is 18.0 Å². The smallest absolute Gasteiger partial charge is 0.300 e. The number of ether oxygens (including phenoxy) is 1. The third-order valence-electron chi connectivity index (χ3n) is 5.29. The Hall–Kier alpha value is -3.84. The van der Waals surface area contributed by atoms with Crippen molar-refractivity contribution in [1.82, 2.24) is 4.98 Å². The summed E-state index contributed by atoms with van der Waals surface area (Å²) in [6, 6.07) is 11.6. The molecule has 0 aliphatic carbocycles. The summed E-state index contributed by atoms with van der Waals surface area (Å²) in [4.78, 5) is 31.5. The van der Waals surface area contributed by atoms with E-state index in [2.05, 4.69) is 4.98 Å². The fourth-order valence-corrected chi connectivity index (χ4v) is 3.93.